The molecule has 0 spiro atoms. The summed E-state index contributed by atoms with van der Waals surface area (Å²) >= 11 is 0. The van der Waals surface area contributed by atoms with Crippen LogP contribution in [0.4, 0.5) is 0 Å². The van der Waals surface area contributed by atoms with Crippen LogP contribution in [0.1, 0.15) is 29.2 Å². The minimum absolute atomic E-state index is 0.400. The van der Waals surface area contributed by atoms with E-state index in [-0.39, 0.29) is 0 Å². The zero-order valence-electron chi connectivity index (χ0n) is 12.1. The van der Waals surface area contributed by atoms with Gasteiger partial charge in [0.2, 0.25) is 0 Å². The summed E-state index contributed by atoms with van der Waals surface area (Å²) in [4.78, 5) is 0. The van der Waals surface area contributed by atoms with E-state index in [2.05, 4.69) is 6.07 Å². The molecule has 0 aromatic heterocycles. The Labute approximate surface area is 115 Å². The van der Waals surface area contributed by atoms with Crippen LogP contribution in [-0.4, -0.2) is 10.2 Å². The Kier molecular flexibility index (Phi) is 5.43. The van der Waals surface area contributed by atoms with E-state index in [0.29, 0.717) is 11.5 Å². The number of phenols is 2. The number of para-hydroxylation sites is 1. The third-order valence-electron chi connectivity index (χ3n) is 3.16. The molecule has 0 unspecified atom stereocenters. The van der Waals surface area contributed by atoms with Gasteiger partial charge in [0, 0.05) is 0 Å². The molecule has 0 aliphatic heterocycles. The second-order valence-electron chi connectivity index (χ2n) is 4.71. The normalized spacial score (nSPS) is 9.68. The van der Waals surface area contributed by atoms with E-state index in [1.807, 2.05) is 45.9 Å². The van der Waals surface area contributed by atoms with Gasteiger partial charge in [0.05, 0.1) is 0 Å². The van der Waals surface area contributed by atoms with Crippen molar-refractivity contribution in [3.8, 4) is 11.5 Å². The lowest BCUT2D eigenvalue weighted by atomic mass is 10.1. The van der Waals surface area contributed by atoms with Crippen LogP contribution in [-0.2, 0) is 6.42 Å². The lowest BCUT2D eigenvalue weighted by Gasteiger charge is -2.03. The molecule has 2 rings (SSSR count). The van der Waals surface area contributed by atoms with Gasteiger partial charge in [-0.2, -0.15) is 0 Å². The highest BCUT2D eigenvalue weighted by molar-refractivity contribution is 5.40. The molecule has 2 aromatic rings. The zero-order valence-corrected chi connectivity index (χ0v) is 12.1. The molecule has 102 valence electrons. The zero-order chi connectivity index (χ0) is 14.4. The summed E-state index contributed by atoms with van der Waals surface area (Å²) < 4.78 is 0. The summed E-state index contributed by atoms with van der Waals surface area (Å²) in [5.74, 6) is 0.803. The molecule has 0 radical (unpaired) electrons. The van der Waals surface area contributed by atoms with Gasteiger partial charge in [0.1, 0.15) is 11.5 Å². The maximum atomic E-state index is 9.28. The molecule has 0 heterocycles. The van der Waals surface area contributed by atoms with Crippen LogP contribution in [0.2, 0.25) is 0 Å². The van der Waals surface area contributed by atoms with E-state index in [4.69, 9.17) is 5.11 Å². The van der Waals surface area contributed by atoms with E-state index < -0.39 is 0 Å². The SMILES string of the molecule is CCc1ccccc1O.Cc1cc(C)c(C)c(O)c1. The van der Waals surface area contributed by atoms with Crippen LogP contribution >= 0.6 is 0 Å². The molecule has 0 amide bonds. The van der Waals surface area contributed by atoms with Crippen molar-refractivity contribution in [2.45, 2.75) is 34.1 Å². The highest BCUT2D eigenvalue weighted by atomic mass is 16.3. The number of benzene rings is 2. The number of aromatic hydroxyl groups is 2. The van der Waals surface area contributed by atoms with Gasteiger partial charge in [-0.15, -0.1) is 0 Å². The van der Waals surface area contributed by atoms with E-state index in [1.165, 1.54) is 0 Å². The van der Waals surface area contributed by atoms with Gasteiger partial charge in [-0.3, -0.25) is 0 Å². The first-order valence-electron chi connectivity index (χ1n) is 6.49. The van der Waals surface area contributed by atoms with Crippen molar-refractivity contribution in [3.63, 3.8) is 0 Å². The van der Waals surface area contributed by atoms with Gasteiger partial charge in [-0.1, -0.05) is 31.2 Å². The maximum Gasteiger partial charge on any atom is 0.119 e. The van der Waals surface area contributed by atoms with Crippen molar-refractivity contribution in [1.29, 1.82) is 0 Å². The Morgan fingerprint density at radius 1 is 0.895 bits per heavy atom. The molecule has 2 aromatic carbocycles. The molecule has 0 aliphatic carbocycles. The fraction of sp³-hybridized carbons (Fsp3) is 0.294. The van der Waals surface area contributed by atoms with Gasteiger partial charge in [0.25, 0.3) is 0 Å². The van der Waals surface area contributed by atoms with Gasteiger partial charge >= 0.3 is 0 Å². The summed E-state index contributed by atoms with van der Waals surface area (Å²) in [6.45, 7) is 7.92. The molecule has 0 saturated carbocycles. The second-order valence-corrected chi connectivity index (χ2v) is 4.71. The fourth-order valence-corrected chi connectivity index (χ4v) is 1.83. The average molecular weight is 258 g/mol. The van der Waals surface area contributed by atoms with E-state index >= 15 is 0 Å². The number of aryl methyl sites for hydroxylation is 3. The van der Waals surface area contributed by atoms with Crippen LogP contribution in [0.15, 0.2) is 36.4 Å². The first-order valence-corrected chi connectivity index (χ1v) is 6.49. The minimum Gasteiger partial charge on any atom is -0.508 e. The quantitative estimate of drug-likeness (QED) is 0.801. The molecular weight excluding hydrogens is 236 g/mol. The number of phenolic OH excluding ortho intramolecular Hbond substituents is 2. The van der Waals surface area contributed by atoms with E-state index in [1.54, 1.807) is 12.1 Å². The Morgan fingerprint density at radius 2 is 1.53 bits per heavy atom. The predicted octanol–water partition coefficient (Wildman–Crippen LogP) is 4.27. The summed E-state index contributed by atoms with van der Waals surface area (Å²) in [6.07, 6.45) is 0.896. The molecule has 2 heteroatoms. The number of hydrogen-bond donors (Lipinski definition) is 2. The monoisotopic (exact) mass is 258 g/mol. The van der Waals surface area contributed by atoms with Gasteiger partial charge in [-0.05, 0) is 61.6 Å². The topological polar surface area (TPSA) is 40.5 Å². The minimum atomic E-state index is 0.400. The third-order valence-corrected chi connectivity index (χ3v) is 3.16. The average Bonchev–Trinajstić information content (AvgIpc) is 2.37. The molecular formula is C17H22O2. The lowest BCUT2D eigenvalue weighted by molar-refractivity contribution is 0.468. The number of hydrogen-bond acceptors (Lipinski definition) is 2. The van der Waals surface area contributed by atoms with Crippen molar-refractivity contribution in [1.82, 2.24) is 0 Å². The molecule has 0 fully saturated rings. The Hall–Kier alpha value is -1.96. The van der Waals surface area contributed by atoms with Crippen molar-refractivity contribution in [3.05, 3.63) is 58.7 Å². The molecule has 0 atom stereocenters. The van der Waals surface area contributed by atoms with Crippen molar-refractivity contribution < 1.29 is 10.2 Å². The maximum absolute atomic E-state index is 9.28. The molecule has 2 nitrogen and oxygen atoms in total. The predicted molar refractivity (Wildman–Crippen MR) is 79.8 cm³/mol. The summed E-state index contributed by atoms with van der Waals surface area (Å²) in [7, 11) is 0. The largest absolute Gasteiger partial charge is 0.508 e. The fourth-order valence-electron chi connectivity index (χ4n) is 1.83. The summed E-state index contributed by atoms with van der Waals surface area (Å²) in [5, 5.41) is 18.4. The van der Waals surface area contributed by atoms with Crippen LogP contribution in [0, 0.1) is 20.8 Å². The van der Waals surface area contributed by atoms with Crippen LogP contribution < -0.4 is 0 Å². The van der Waals surface area contributed by atoms with Crippen molar-refractivity contribution in [2.75, 3.05) is 0 Å². The molecule has 0 bridgehead atoms. The summed E-state index contributed by atoms with van der Waals surface area (Å²) in [6, 6.07) is 11.2. The Bertz CT molecular complexity index is 522. The highest BCUT2D eigenvalue weighted by Crippen LogP contribution is 2.20. The standard InChI is InChI=1S/C9H12O.C8H10O/c1-6-4-7(2)8(3)9(10)5-6;1-2-7-5-3-4-6-8(7)9/h4-5,10H,1-3H3;3-6,9H,2H2,1H3. The van der Waals surface area contributed by atoms with Crippen LogP contribution in [0.3, 0.4) is 0 Å². The molecule has 0 aliphatic rings. The highest BCUT2D eigenvalue weighted by Gasteiger charge is 1.98. The summed E-state index contributed by atoms with van der Waals surface area (Å²) in [5.41, 5.74) is 4.25. The Balaban J connectivity index is 0.000000191. The first-order chi connectivity index (χ1) is 8.95. The van der Waals surface area contributed by atoms with E-state index in [9.17, 15) is 5.11 Å². The first kappa shape index (κ1) is 15.1. The van der Waals surface area contributed by atoms with Gasteiger partial charge in [0.15, 0.2) is 0 Å². The van der Waals surface area contributed by atoms with Gasteiger partial charge in [-0.25, -0.2) is 0 Å². The smallest absolute Gasteiger partial charge is 0.119 e. The van der Waals surface area contributed by atoms with Gasteiger partial charge < -0.3 is 10.2 Å². The van der Waals surface area contributed by atoms with Crippen molar-refractivity contribution >= 4 is 0 Å². The van der Waals surface area contributed by atoms with Crippen molar-refractivity contribution in [2.24, 2.45) is 0 Å². The molecule has 19 heavy (non-hydrogen) atoms. The lowest BCUT2D eigenvalue weighted by Crippen LogP contribution is -1.82. The Morgan fingerprint density at radius 3 is 2.00 bits per heavy atom. The van der Waals surface area contributed by atoms with Crippen LogP contribution in [0.5, 0.6) is 11.5 Å². The number of rotatable bonds is 1. The second kappa shape index (κ2) is 6.83. The van der Waals surface area contributed by atoms with E-state index in [0.717, 1.165) is 28.7 Å². The van der Waals surface area contributed by atoms with Crippen LogP contribution in [0.25, 0.3) is 0 Å². The third kappa shape index (κ3) is 4.32. The molecule has 2 N–H and O–H groups in total. The molecule has 0 saturated heterocycles.